The van der Waals surface area contributed by atoms with Gasteiger partial charge in [-0.25, -0.2) is 4.98 Å². The predicted molar refractivity (Wildman–Crippen MR) is 61.4 cm³/mol. The second-order valence-electron chi connectivity index (χ2n) is 3.46. The number of rotatable bonds is 4. The summed E-state index contributed by atoms with van der Waals surface area (Å²) in [7, 11) is 0. The number of aryl methyl sites for hydroxylation is 1. The number of nitrogen functional groups attached to an aromatic ring is 1. The van der Waals surface area contributed by atoms with Crippen molar-refractivity contribution in [2.75, 3.05) is 11.5 Å². The van der Waals surface area contributed by atoms with E-state index in [2.05, 4.69) is 18.8 Å². The molecular weight excluding hydrogens is 200 g/mol. The Morgan fingerprint density at radius 1 is 1.54 bits per heavy atom. The van der Waals surface area contributed by atoms with Crippen molar-refractivity contribution in [1.82, 2.24) is 4.98 Å². The molecule has 0 atom stereocenters. The van der Waals surface area contributed by atoms with Gasteiger partial charge in [-0.3, -0.25) is 0 Å². The van der Waals surface area contributed by atoms with Crippen molar-refractivity contribution in [3.8, 4) is 0 Å². The molecule has 0 saturated carbocycles. The molecule has 0 amide bonds. The summed E-state index contributed by atoms with van der Waals surface area (Å²) in [5.74, 6) is 1.94. The quantitative estimate of drug-likeness (QED) is 0.786. The van der Waals surface area contributed by atoms with Gasteiger partial charge in [0.2, 0.25) is 0 Å². The Balaban J connectivity index is 2.40. The van der Waals surface area contributed by atoms with Crippen LogP contribution in [-0.2, 0) is 0 Å². The lowest BCUT2D eigenvalue weighted by molar-refractivity contribution is 0.632. The zero-order valence-corrected chi connectivity index (χ0v) is 9.97. The van der Waals surface area contributed by atoms with Crippen LogP contribution in [0.3, 0.4) is 0 Å². The molecular formula is C9H16N2S2. The third kappa shape index (κ3) is 3.56. The number of anilines is 1. The molecule has 0 radical (unpaired) electrons. The van der Waals surface area contributed by atoms with Crippen LogP contribution in [0, 0.1) is 12.8 Å². The molecule has 0 aliphatic carbocycles. The highest BCUT2D eigenvalue weighted by atomic mass is 32.2. The molecule has 0 aliphatic rings. The van der Waals surface area contributed by atoms with E-state index in [1.54, 1.807) is 11.3 Å². The molecule has 0 bridgehead atoms. The van der Waals surface area contributed by atoms with E-state index in [9.17, 15) is 0 Å². The maximum Gasteiger partial charge on any atom is 0.181 e. The average Bonchev–Trinajstić information content (AvgIpc) is 2.29. The van der Waals surface area contributed by atoms with Crippen LogP contribution in [0.5, 0.6) is 0 Å². The summed E-state index contributed by atoms with van der Waals surface area (Å²) in [5.41, 5.74) is 6.68. The van der Waals surface area contributed by atoms with Crippen LogP contribution in [0.15, 0.2) is 4.21 Å². The largest absolute Gasteiger partial charge is 0.375 e. The van der Waals surface area contributed by atoms with Crippen LogP contribution < -0.4 is 5.73 Å². The Morgan fingerprint density at radius 3 is 2.69 bits per heavy atom. The third-order valence-electron chi connectivity index (χ3n) is 1.70. The molecule has 0 fully saturated rings. The van der Waals surface area contributed by atoms with Crippen LogP contribution >= 0.6 is 23.1 Å². The van der Waals surface area contributed by atoms with Crippen LogP contribution in [-0.4, -0.2) is 10.7 Å². The highest BCUT2D eigenvalue weighted by molar-refractivity contribution is 8.01. The van der Waals surface area contributed by atoms with E-state index >= 15 is 0 Å². The van der Waals surface area contributed by atoms with Gasteiger partial charge in [0.05, 0.1) is 9.90 Å². The smallest absolute Gasteiger partial charge is 0.181 e. The topological polar surface area (TPSA) is 38.9 Å². The number of nitrogens with zero attached hydrogens (tertiary/aromatic N) is 1. The molecule has 1 aromatic rings. The monoisotopic (exact) mass is 216 g/mol. The maximum atomic E-state index is 5.61. The van der Waals surface area contributed by atoms with Crippen molar-refractivity contribution in [3.05, 3.63) is 5.69 Å². The van der Waals surface area contributed by atoms with Crippen molar-refractivity contribution in [1.29, 1.82) is 0 Å². The molecule has 1 rings (SSSR count). The molecule has 13 heavy (non-hydrogen) atoms. The fraction of sp³-hybridized carbons (Fsp3) is 0.667. The van der Waals surface area contributed by atoms with E-state index < -0.39 is 0 Å². The number of thiazole rings is 1. The normalized spacial score (nSPS) is 11.1. The van der Waals surface area contributed by atoms with Gasteiger partial charge in [0.25, 0.3) is 0 Å². The number of hydrogen-bond acceptors (Lipinski definition) is 4. The Morgan fingerprint density at radius 2 is 2.23 bits per heavy atom. The van der Waals surface area contributed by atoms with E-state index in [0.717, 1.165) is 11.6 Å². The lowest BCUT2D eigenvalue weighted by atomic mass is 10.2. The Labute approximate surface area is 87.9 Å². The summed E-state index contributed by atoms with van der Waals surface area (Å²) in [5, 5.41) is 0.685. The minimum atomic E-state index is 0.685. The van der Waals surface area contributed by atoms with E-state index in [1.165, 1.54) is 16.4 Å². The fourth-order valence-corrected chi connectivity index (χ4v) is 3.26. The van der Waals surface area contributed by atoms with Crippen molar-refractivity contribution in [2.45, 2.75) is 31.4 Å². The van der Waals surface area contributed by atoms with Crippen molar-refractivity contribution in [3.63, 3.8) is 0 Å². The third-order valence-corrected chi connectivity index (χ3v) is 4.08. The zero-order valence-electron chi connectivity index (χ0n) is 8.33. The Hall–Kier alpha value is -0.220. The van der Waals surface area contributed by atoms with Gasteiger partial charge in [-0.15, -0.1) is 11.8 Å². The van der Waals surface area contributed by atoms with Crippen LogP contribution in [0.4, 0.5) is 5.13 Å². The van der Waals surface area contributed by atoms with Crippen LogP contribution in [0.1, 0.15) is 26.0 Å². The second-order valence-corrected chi connectivity index (χ2v) is 5.85. The van der Waals surface area contributed by atoms with Gasteiger partial charge in [-0.2, -0.15) is 0 Å². The van der Waals surface area contributed by atoms with Gasteiger partial charge in [0, 0.05) is 0 Å². The lowest BCUT2D eigenvalue weighted by Crippen LogP contribution is -1.88. The van der Waals surface area contributed by atoms with Gasteiger partial charge >= 0.3 is 0 Å². The SMILES string of the molecule is Cc1nc(N)sc1SCCC(C)C. The molecule has 0 saturated heterocycles. The first-order valence-corrected chi connectivity index (χ1v) is 6.25. The molecule has 0 spiro atoms. The highest BCUT2D eigenvalue weighted by Crippen LogP contribution is 2.31. The van der Waals surface area contributed by atoms with E-state index in [1.807, 2.05) is 18.7 Å². The first-order chi connectivity index (χ1) is 6.09. The van der Waals surface area contributed by atoms with Crippen molar-refractivity contribution >= 4 is 28.2 Å². The standard InChI is InChI=1S/C9H16N2S2/c1-6(2)4-5-12-8-7(3)11-9(10)13-8/h6H,4-5H2,1-3H3,(H2,10,11). The second kappa shape index (κ2) is 4.86. The maximum absolute atomic E-state index is 5.61. The average molecular weight is 216 g/mol. The van der Waals surface area contributed by atoms with Crippen molar-refractivity contribution < 1.29 is 0 Å². The minimum Gasteiger partial charge on any atom is -0.375 e. The van der Waals surface area contributed by atoms with Crippen LogP contribution in [0.2, 0.25) is 0 Å². The summed E-state index contributed by atoms with van der Waals surface area (Å²) >= 11 is 3.47. The molecule has 1 aromatic heterocycles. The zero-order chi connectivity index (χ0) is 9.84. The van der Waals surface area contributed by atoms with Gasteiger partial charge in [-0.1, -0.05) is 25.2 Å². The fourth-order valence-electron chi connectivity index (χ4n) is 0.924. The first-order valence-electron chi connectivity index (χ1n) is 4.45. The number of nitrogens with two attached hydrogens (primary N) is 1. The molecule has 4 heteroatoms. The first kappa shape index (κ1) is 10.9. The summed E-state index contributed by atoms with van der Waals surface area (Å²) in [6, 6.07) is 0. The summed E-state index contributed by atoms with van der Waals surface area (Å²) in [4.78, 5) is 4.18. The van der Waals surface area contributed by atoms with Crippen LogP contribution in [0.25, 0.3) is 0 Å². The molecule has 2 nitrogen and oxygen atoms in total. The molecule has 0 aromatic carbocycles. The number of thioether (sulfide) groups is 1. The van der Waals surface area contributed by atoms with E-state index in [0.29, 0.717) is 5.13 Å². The Kier molecular flexibility index (Phi) is 4.06. The van der Waals surface area contributed by atoms with E-state index in [-0.39, 0.29) is 0 Å². The van der Waals surface area contributed by atoms with Gasteiger partial charge in [-0.05, 0) is 25.0 Å². The molecule has 1 heterocycles. The number of hydrogen-bond donors (Lipinski definition) is 1. The van der Waals surface area contributed by atoms with Gasteiger partial charge in [0.1, 0.15) is 0 Å². The molecule has 2 N–H and O–H groups in total. The summed E-state index contributed by atoms with van der Waals surface area (Å²) in [6.45, 7) is 6.51. The molecule has 0 aliphatic heterocycles. The highest BCUT2D eigenvalue weighted by Gasteiger charge is 2.05. The number of aromatic nitrogens is 1. The lowest BCUT2D eigenvalue weighted by Gasteiger charge is -2.02. The molecule has 0 unspecified atom stereocenters. The summed E-state index contributed by atoms with van der Waals surface area (Å²) in [6.07, 6.45) is 1.25. The van der Waals surface area contributed by atoms with Crippen molar-refractivity contribution in [2.24, 2.45) is 5.92 Å². The minimum absolute atomic E-state index is 0.685. The Bertz CT molecular complexity index is 269. The summed E-state index contributed by atoms with van der Waals surface area (Å²) < 4.78 is 1.28. The predicted octanol–water partition coefficient (Wildman–Crippen LogP) is 3.17. The van der Waals surface area contributed by atoms with Gasteiger partial charge in [0.15, 0.2) is 5.13 Å². The van der Waals surface area contributed by atoms with E-state index in [4.69, 9.17) is 5.73 Å². The molecule has 74 valence electrons. The van der Waals surface area contributed by atoms with Gasteiger partial charge < -0.3 is 5.73 Å².